The number of aromatic nitrogens is 1. The highest BCUT2D eigenvalue weighted by Crippen LogP contribution is 2.13. The van der Waals surface area contributed by atoms with Gasteiger partial charge in [-0.1, -0.05) is 17.9 Å². The van der Waals surface area contributed by atoms with Crippen molar-refractivity contribution in [3.05, 3.63) is 53.3 Å². The monoisotopic (exact) mass is 323 g/mol. The molecule has 2 N–H and O–H groups in total. The molecule has 0 atom stereocenters. The highest BCUT2D eigenvalue weighted by molar-refractivity contribution is 5.89. The summed E-state index contributed by atoms with van der Waals surface area (Å²) >= 11 is 0. The van der Waals surface area contributed by atoms with Gasteiger partial charge in [-0.25, -0.2) is 4.79 Å². The summed E-state index contributed by atoms with van der Waals surface area (Å²) in [5.74, 6) is 6.35. The lowest BCUT2D eigenvalue weighted by molar-refractivity contribution is 0.253. The fourth-order valence-corrected chi connectivity index (χ4v) is 1.89. The zero-order valence-electron chi connectivity index (χ0n) is 14.1. The summed E-state index contributed by atoms with van der Waals surface area (Å²) in [6.07, 6.45) is 1.66. The van der Waals surface area contributed by atoms with Gasteiger partial charge in [0.25, 0.3) is 0 Å². The van der Waals surface area contributed by atoms with Gasteiger partial charge in [0.1, 0.15) is 12.4 Å². The molecule has 5 nitrogen and oxygen atoms in total. The van der Waals surface area contributed by atoms with Crippen LogP contribution in [0.4, 0.5) is 10.5 Å². The Hall–Kier alpha value is -3.00. The summed E-state index contributed by atoms with van der Waals surface area (Å²) in [6, 6.07) is 9.22. The minimum absolute atomic E-state index is 0.255. The molecule has 0 spiro atoms. The predicted molar refractivity (Wildman–Crippen MR) is 95.2 cm³/mol. The normalized spacial score (nSPS) is 9.62. The smallest absolute Gasteiger partial charge is 0.319 e. The van der Waals surface area contributed by atoms with Gasteiger partial charge in [0.2, 0.25) is 0 Å². The van der Waals surface area contributed by atoms with Crippen molar-refractivity contribution < 1.29 is 9.53 Å². The predicted octanol–water partition coefficient (Wildman–Crippen LogP) is 3.21. The molecule has 1 heterocycles. The maximum absolute atomic E-state index is 11.8. The molecule has 124 valence electrons. The van der Waals surface area contributed by atoms with Crippen molar-refractivity contribution in [3.8, 4) is 17.6 Å². The van der Waals surface area contributed by atoms with Gasteiger partial charge in [-0.2, -0.15) is 0 Å². The summed E-state index contributed by atoms with van der Waals surface area (Å²) < 4.78 is 5.42. The summed E-state index contributed by atoms with van der Waals surface area (Å²) in [4.78, 5) is 15.9. The Labute approximate surface area is 142 Å². The summed E-state index contributed by atoms with van der Waals surface area (Å²) in [6.45, 7) is 6.46. The van der Waals surface area contributed by atoms with E-state index in [0.717, 1.165) is 16.9 Å². The first kappa shape index (κ1) is 17.4. The fourth-order valence-electron chi connectivity index (χ4n) is 1.89. The number of nitrogens with one attached hydrogen (secondary N) is 2. The molecule has 0 aliphatic carbocycles. The van der Waals surface area contributed by atoms with Crippen LogP contribution in [-0.2, 0) is 0 Å². The van der Waals surface area contributed by atoms with Crippen LogP contribution in [0.15, 0.2) is 36.5 Å². The van der Waals surface area contributed by atoms with Crippen LogP contribution in [0.2, 0.25) is 0 Å². The van der Waals surface area contributed by atoms with Gasteiger partial charge < -0.3 is 15.4 Å². The number of nitrogens with zero attached hydrogens (tertiary/aromatic N) is 1. The largest absolute Gasteiger partial charge is 0.479 e. The third-order valence-corrected chi connectivity index (χ3v) is 3.42. The highest BCUT2D eigenvalue weighted by atomic mass is 16.5. The maximum atomic E-state index is 11.8. The van der Waals surface area contributed by atoms with Crippen LogP contribution in [0.25, 0.3) is 0 Å². The molecule has 0 fully saturated rings. The molecule has 0 radical (unpaired) electrons. The van der Waals surface area contributed by atoms with Crippen molar-refractivity contribution in [1.82, 2.24) is 10.3 Å². The third kappa shape index (κ3) is 5.65. The zero-order valence-corrected chi connectivity index (χ0v) is 14.1. The van der Waals surface area contributed by atoms with Gasteiger partial charge >= 0.3 is 6.03 Å². The molecule has 0 unspecified atom stereocenters. The molecular formula is C19H21N3O2. The molecule has 0 aliphatic rings. The minimum Gasteiger partial charge on any atom is -0.479 e. The third-order valence-electron chi connectivity index (χ3n) is 3.42. The number of anilines is 1. The molecule has 0 bridgehead atoms. The van der Waals surface area contributed by atoms with Gasteiger partial charge in [0.05, 0.1) is 12.7 Å². The average Bonchev–Trinajstić information content (AvgIpc) is 2.56. The topological polar surface area (TPSA) is 63.2 Å². The van der Waals surface area contributed by atoms with E-state index < -0.39 is 0 Å². The van der Waals surface area contributed by atoms with Crippen molar-refractivity contribution in [3.63, 3.8) is 0 Å². The van der Waals surface area contributed by atoms with Crippen LogP contribution in [0, 0.1) is 32.6 Å². The summed E-state index contributed by atoms with van der Waals surface area (Å²) in [7, 11) is 0. The molecule has 1 aromatic heterocycles. The minimum atomic E-state index is -0.281. The summed E-state index contributed by atoms with van der Waals surface area (Å²) in [5, 5.41) is 5.45. The van der Waals surface area contributed by atoms with Crippen LogP contribution >= 0.6 is 0 Å². The molecule has 0 saturated heterocycles. The number of amides is 2. The first-order valence-electron chi connectivity index (χ1n) is 7.68. The second-order valence-corrected chi connectivity index (χ2v) is 5.38. The molecular weight excluding hydrogens is 302 g/mol. The van der Waals surface area contributed by atoms with E-state index in [1.807, 2.05) is 51.1 Å². The number of ether oxygens (including phenoxy) is 1. The van der Waals surface area contributed by atoms with E-state index in [1.54, 1.807) is 6.20 Å². The number of hydrogen-bond acceptors (Lipinski definition) is 3. The SMILES string of the molecule is Cc1ccc(OCC#CCNC(=O)Nc2ccc(C)c(C)c2)cn1. The van der Waals surface area contributed by atoms with Crippen LogP contribution < -0.4 is 15.4 Å². The fraction of sp³-hybridized carbons (Fsp3) is 0.263. The molecule has 5 heteroatoms. The van der Waals surface area contributed by atoms with E-state index in [1.165, 1.54) is 5.56 Å². The van der Waals surface area contributed by atoms with Gasteiger partial charge in [-0.15, -0.1) is 0 Å². The molecule has 2 amide bonds. The van der Waals surface area contributed by atoms with Crippen molar-refractivity contribution in [1.29, 1.82) is 0 Å². The molecule has 2 rings (SSSR count). The lowest BCUT2D eigenvalue weighted by atomic mass is 10.1. The standard InChI is InChI=1S/C19H21N3O2/c1-14-6-8-17(12-15(14)2)22-19(23)20-10-4-5-11-24-18-9-7-16(3)21-13-18/h6-9,12-13H,10-11H2,1-3H3,(H2,20,22,23). The number of aryl methyl sites for hydroxylation is 3. The van der Waals surface area contributed by atoms with Gasteiger partial charge in [-0.05, 0) is 56.2 Å². The van der Waals surface area contributed by atoms with Gasteiger partial charge in [-0.3, -0.25) is 4.98 Å². The number of benzene rings is 1. The maximum Gasteiger partial charge on any atom is 0.319 e. The Morgan fingerprint density at radius 1 is 1.12 bits per heavy atom. The van der Waals surface area contributed by atoms with E-state index in [2.05, 4.69) is 27.5 Å². The van der Waals surface area contributed by atoms with Crippen LogP contribution in [0.1, 0.15) is 16.8 Å². The Balaban J connectivity index is 1.69. The number of carbonyl (C=O) groups is 1. The highest BCUT2D eigenvalue weighted by Gasteiger charge is 2.01. The Morgan fingerprint density at radius 3 is 2.67 bits per heavy atom. The molecule has 24 heavy (non-hydrogen) atoms. The number of pyridine rings is 1. The van der Waals surface area contributed by atoms with E-state index >= 15 is 0 Å². The molecule has 1 aromatic carbocycles. The van der Waals surface area contributed by atoms with E-state index in [9.17, 15) is 4.79 Å². The number of rotatable bonds is 4. The summed E-state index contributed by atoms with van der Waals surface area (Å²) in [5.41, 5.74) is 4.03. The van der Waals surface area contributed by atoms with Crippen LogP contribution in [0.5, 0.6) is 5.75 Å². The number of hydrogen-bond donors (Lipinski definition) is 2. The molecule has 0 aliphatic heterocycles. The van der Waals surface area contributed by atoms with Crippen molar-refractivity contribution in [2.24, 2.45) is 0 Å². The zero-order chi connectivity index (χ0) is 17.4. The van der Waals surface area contributed by atoms with Crippen molar-refractivity contribution in [2.75, 3.05) is 18.5 Å². The number of carbonyl (C=O) groups excluding carboxylic acids is 1. The Kier molecular flexibility index (Phi) is 6.21. The van der Waals surface area contributed by atoms with Gasteiger partial charge in [0, 0.05) is 11.4 Å². The van der Waals surface area contributed by atoms with Crippen molar-refractivity contribution in [2.45, 2.75) is 20.8 Å². The first-order chi connectivity index (χ1) is 11.5. The van der Waals surface area contributed by atoms with E-state index in [0.29, 0.717) is 5.75 Å². The Bertz CT molecular complexity index is 758. The Morgan fingerprint density at radius 2 is 1.96 bits per heavy atom. The van der Waals surface area contributed by atoms with E-state index in [-0.39, 0.29) is 19.2 Å². The quantitative estimate of drug-likeness (QED) is 0.849. The van der Waals surface area contributed by atoms with Crippen LogP contribution in [0.3, 0.4) is 0 Å². The number of urea groups is 1. The first-order valence-corrected chi connectivity index (χ1v) is 7.68. The molecule has 2 aromatic rings. The molecule has 0 saturated carbocycles. The van der Waals surface area contributed by atoms with Gasteiger partial charge in [0.15, 0.2) is 0 Å². The van der Waals surface area contributed by atoms with E-state index in [4.69, 9.17) is 4.74 Å². The second kappa shape index (κ2) is 8.59. The van der Waals surface area contributed by atoms with Crippen LogP contribution in [-0.4, -0.2) is 24.2 Å². The average molecular weight is 323 g/mol. The lowest BCUT2D eigenvalue weighted by Crippen LogP contribution is -2.29. The lowest BCUT2D eigenvalue weighted by Gasteiger charge is -2.07. The van der Waals surface area contributed by atoms with Crippen molar-refractivity contribution >= 4 is 11.7 Å². The second-order valence-electron chi connectivity index (χ2n) is 5.38.